The van der Waals surface area contributed by atoms with E-state index in [4.69, 9.17) is 4.74 Å². The van der Waals surface area contributed by atoms with E-state index >= 15 is 0 Å². The van der Waals surface area contributed by atoms with Crippen molar-refractivity contribution in [2.75, 3.05) is 0 Å². The number of likely N-dealkylation sites (tertiary alicyclic amines) is 1. The number of carbonyl (C=O) groups excluding carboxylic acids is 4. The lowest BCUT2D eigenvalue weighted by molar-refractivity contribution is -0.177. The molecule has 268 valence electrons. The summed E-state index contributed by atoms with van der Waals surface area (Å²) in [7, 11) is -3.93. The molecule has 2 aliphatic heterocycles. The van der Waals surface area contributed by atoms with Gasteiger partial charge in [-0.05, 0) is 56.5 Å². The third kappa shape index (κ3) is 6.59. The van der Waals surface area contributed by atoms with Gasteiger partial charge >= 0.3 is 5.97 Å². The summed E-state index contributed by atoms with van der Waals surface area (Å²) in [5.74, 6) is -3.41. The third-order valence-electron chi connectivity index (χ3n) is 9.26. The van der Waals surface area contributed by atoms with Crippen molar-refractivity contribution < 1.29 is 32.3 Å². The highest BCUT2D eigenvalue weighted by Gasteiger charge is 2.66. The maximum absolute atomic E-state index is 14.4. The summed E-state index contributed by atoms with van der Waals surface area (Å²) in [5, 5.41) is 2.72. The van der Waals surface area contributed by atoms with Crippen molar-refractivity contribution in [2.45, 2.75) is 67.9 Å². The van der Waals surface area contributed by atoms with Crippen LogP contribution in [0.5, 0.6) is 0 Å². The van der Waals surface area contributed by atoms with Gasteiger partial charge in [-0.2, -0.15) is 0 Å². The molecule has 0 N–H and O–H groups in total. The highest BCUT2D eigenvalue weighted by Crippen LogP contribution is 2.49. The summed E-state index contributed by atoms with van der Waals surface area (Å²) in [5.41, 5.74) is 0.910. The fourth-order valence-corrected chi connectivity index (χ4v) is 10.2. The molecule has 6 rings (SSSR count). The number of ether oxygens (including phenoxy) is 1. The van der Waals surface area contributed by atoms with E-state index < -0.39 is 67.7 Å². The number of rotatable bonds is 12. The number of ketones is 1. The Hall–Kier alpha value is -5.34. The second kappa shape index (κ2) is 14.4. The van der Waals surface area contributed by atoms with Gasteiger partial charge in [0.05, 0.1) is 10.2 Å². The van der Waals surface area contributed by atoms with Gasteiger partial charge in [0.1, 0.15) is 17.1 Å². The monoisotopic (exact) mass is 740 g/mol. The summed E-state index contributed by atoms with van der Waals surface area (Å²) in [4.78, 5) is 70.5. The lowest BCUT2D eigenvalue weighted by Crippen LogP contribution is -2.76. The van der Waals surface area contributed by atoms with Gasteiger partial charge < -0.3 is 14.5 Å². The summed E-state index contributed by atoms with van der Waals surface area (Å²) in [6, 6.07) is 27.5. The van der Waals surface area contributed by atoms with Crippen molar-refractivity contribution in [2.24, 2.45) is 5.29 Å². The van der Waals surface area contributed by atoms with Crippen LogP contribution in [0.1, 0.15) is 55.2 Å². The number of Topliss-reactive ketones (excluding diaryl/α,β-unsaturated/α-hetero) is 1. The van der Waals surface area contributed by atoms with Gasteiger partial charge in [-0.3, -0.25) is 14.4 Å². The van der Waals surface area contributed by atoms with E-state index in [9.17, 15) is 32.5 Å². The first-order valence-electron chi connectivity index (χ1n) is 16.4. The minimum absolute atomic E-state index is 0.0818. The summed E-state index contributed by atoms with van der Waals surface area (Å²) in [6.45, 7) is 5.94. The fourth-order valence-electron chi connectivity index (χ4n) is 6.69. The molecule has 4 aromatic rings. The van der Waals surface area contributed by atoms with Gasteiger partial charge in [0, 0.05) is 10.8 Å². The number of carbonyl (C=O) groups is 4. The average molecular weight is 741 g/mol. The van der Waals surface area contributed by atoms with E-state index in [1.165, 1.54) is 26.0 Å². The Morgan fingerprint density at radius 3 is 1.83 bits per heavy atom. The van der Waals surface area contributed by atoms with E-state index in [0.29, 0.717) is 27.5 Å². The molecule has 0 saturated carbocycles. The highest BCUT2D eigenvalue weighted by molar-refractivity contribution is 8.72. The SMILES string of the molecule is CC(=O)C(C(=O)OC(c1ccccc1)c1ccccc1)N1C(=O)C(N2C(=O)C(c3ccccc3)N(N=O)C2(C)C)C1SS(=O)(=O)c1ccc(C)cc1. The zero-order valence-electron chi connectivity index (χ0n) is 28.7. The van der Waals surface area contributed by atoms with Gasteiger partial charge in [-0.25, -0.2) is 18.2 Å². The first kappa shape index (κ1) is 36.5. The molecule has 0 spiro atoms. The molecule has 0 aromatic heterocycles. The van der Waals surface area contributed by atoms with Crippen molar-refractivity contribution in [3.63, 3.8) is 0 Å². The minimum Gasteiger partial charge on any atom is -0.451 e. The largest absolute Gasteiger partial charge is 0.451 e. The van der Waals surface area contributed by atoms with E-state index in [1.54, 1.807) is 110 Å². The van der Waals surface area contributed by atoms with E-state index in [-0.39, 0.29) is 4.90 Å². The Morgan fingerprint density at radius 2 is 1.33 bits per heavy atom. The molecule has 0 bridgehead atoms. The molecule has 0 aliphatic carbocycles. The molecule has 4 atom stereocenters. The summed E-state index contributed by atoms with van der Waals surface area (Å²) < 4.78 is 33.9. The lowest BCUT2D eigenvalue weighted by atomic mass is 9.96. The average Bonchev–Trinajstić information content (AvgIpc) is 3.33. The van der Waals surface area contributed by atoms with Gasteiger partial charge in [0.15, 0.2) is 24.0 Å². The van der Waals surface area contributed by atoms with Crippen LogP contribution in [0.3, 0.4) is 0 Å². The van der Waals surface area contributed by atoms with Crippen LogP contribution in [0.2, 0.25) is 0 Å². The Kier molecular flexibility index (Phi) is 10.1. The van der Waals surface area contributed by atoms with Crippen molar-refractivity contribution in [1.29, 1.82) is 0 Å². The first-order valence-corrected chi connectivity index (χ1v) is 19.3. The summed E-state index contributed by atoms with van der Waals surface area (Å²) >= 11 is 0. The van der Waals surface area contributed by atoms with Crippen LogP contribution in [0.15, 0.2) is 125 Å². The molecule has 4 aromatic carbocycles. The molecule has 4 unspecified atom stereocenters. The number of β-lactam (4-membered cyclic amide) rings is 1. The van der Waals surface area contributed by atoms with Gasteiger partial charge in [0.2, 0.25) is 8.87 Å². The van der Waals surface area contributed by atoms with Crippen LogP contribution < -0.4 is 0 Å². The number of esters is 1. The topological polar surface area (TPSA) is 151 Å². The summed E-state index contributed by atoms with van der Waals surface area (Å²) in [6.07, 6.45) is -0.968. The molecule has 12 nitrogen and oxygen atoms in total. The Bertz CT molecular complexity index is 2060. The van der Waals surface area contributed by atoms with Gasteiger partial charge in [-0.15, -0.1) is 4.91 Å². The van der Waals surface area contributed by atoms with Crippen LogP contribution in [0, 0.1) is 11.8 Å². The Balaban J connectivity index is 1.41. The minimum atomic E-state index is -4.27. The highest BCUT2D eigenvalue weighted by atomic mass is 33.1. The number of nitrogens with zero attached hydrogens (tertiary/aromatic N) is 4. The van der Waals surface area contributed by atoms with Crippen LogP contribution in [0.4, 0.5) is 0 Å². The van der Waals surface area contributed by atoms with E-state index in [1.807, 2.05) is 0 Å². The molecule has 2 amide bonds. The predicted octanol–water partition coefficient (Wildman–Crippen LogP) is 5.55. The Morgan fingerprint density at radius 1 is 0.808 bits per heavy atom. The van der Waals surface area contributed by atoms with Crippen LogP contribution >= 0.6 is 10.8 Å². The zero-order chi connectivity index (χ0) is 37.4. The van der Waals surface area contributed by atoms with Crippen LogP contribution in [0.25, 0.3) is 0 Å². The van der Waals surface area contributed by atoms with Gasteiger partial charge in [-0.1, -0.05) is 109 Å². The zero-order valence-corrected chi connectivity index (χ0v) is 30.4. The number of benzene rings is 4. The standard InChI is InChI=1S/C38H36N4O8S2/c1-24-20-22-29(23-21-24)52(48,49)51-36-32(41-35(45)31(26-14-8-5-9-15-26)42(39-47)38(41,3)4)34(44)40(36)30(25(2)43)37(46)50-33(27-16-10-6-11-17-27)28-18-12-7-13-19-28/h5-23,30-33,36H,1-4H3. The van der Waals surface area contributed by atoms with Crippen molar-refractivity contribution in [1.82, 2.24) is 14.8 Å². The predicted molar refractivity (Wildman–Crippen MR) is 193 cm³/mol. The van der Waals surface area contributed by atoms with Crippen molar-refractivity contribution >= 4 is 43.2 Å². The molecule has 2 saturated heterocycles. The number of aryl methyl sites for hydroxylation is 1. The number of hydrogen-bond donors (Lipinski definition) is 0. The van der Waals surface area contributed by atoms with Crippen molar-refractivity contribution in [3.05, 3.63) is 142 Å². The molecule has 0 radical (unpaired) electrons. The van der Waals surface area contributed by atoms with E-state index in [0.717, 1.165) is 27.3 Å². The molecule has 14 heteroatoms. The second-order valence-corrected chi connectivity index (χ2v) is 17.0. The molecular formula is C38H36N4O8S2. The first-order chi connectivity index (χ1) is 24.8. The number of amides is 2. The maximum Gasteiger partial charge on any atom is 0.337 e. The molecule has 2 aliphatic rings. The molecular weight excluding hydrogens is 705 g/mol. The molecule has 2 heterocycles. The lowest BCUT2D eigenvalue weighted by Gasteiger charge is -2.53. The second-order valence-electron chi connectivity index (χ2n) is 13.0. The molecule has 2 fully saturated rings. The number of nitroso groups, excluding NO2 is 1. The Labute approximate surface area is 305 Å². The normalized spacial score (nSPS) is 20.4. The smallest absolute Gasteiger partial charge is 0.337 e. The fraction of sp³-hybridized carbons (Fsp3) is 0.263. The number of hydrogen-bond acceptors (Lipinski definition) is 10. The van der Waals surface area contributed by atoms with Crippen LogP contribution in [-0.2, 0) is 32.8 Å². The maximum atomic E-state index is 14.4. The molecule has 52 heavy (non-hydrogen) atoms. The third-order valence-corrected chi connectivity index (χ3v) is 13.0. The van der Waals surface area contributed by atoms with E-state index in [2.05, 4.69) is 5.29 Å². The van der Waals surface area contributed by atoms with Gasteiger partial charge in [0.25, 0.3) is 11.8 Å². The quantitative estimate of drug-likeness (QED) is 0.0595. The van der Waals surface area contributed by atoms with Crippen molar-refractivity contribution in [3.8, 4) is 0 Å². The van der Waals surface area contributed by atoms with Crippen LogP contribution in [-0.4, -0.2) is 69.9 Å².